The molecule has 1 aliphatic carbocycles. The maximum Gasteiger partial charge on any atom is 0.307 e. The summed E-state index contributed by atoms with van der Waals surface area (Å²) in [7, 11) is 0. The Morgan fingerprint density at radius 3 is 2.58 bits per heavy atom. The van der Waals surface area contributed by atoms with Crippen molar-refractivity contribution in [1.29, 1.82) is 0 Å². The molecule has 1 aliphatic heterocycles. The number of carboxylic acids is 1. The molecule has 0 bridgehead atoms. The van der Waals surface area contributed by atoms with Crippen LogP contribution in [0.1, 0.15) is 58.8 Å². The molecule has 2 rings (SSSR count). The van der Waals surface area contributed by atoms with Gasteiger partial charge in [0.1, 0.15) is 0 Å². The van der Waals surface area contributed by atoms with Crippen LogP contribution in [0.2, 0.25) is 0 Å². The van der Waals surface area contributed by atoms with Gasteiger partial charge in [-0.25, -0.2) is 0 Å². The Kier molecular flexibility index (Phi) is 5.26. The van der Waals surface area contributed by atoms with E-state index in [0.29, 0.717) is 6.04 Å². The first-order valence-corrected chi connectivity index (χ1v) is 8.04. The molecule has 2 fully saturated rings. The molecule has 1 saturated carbocycles. The molecule has 1 saturated heterocycles. The molecular weight excluding hydrogens is 238 g/mol. The second-order valence-corrected chi connectivity index (χ2v) is 6.84. The lowest BCUT2D eigenvalue weighted by Crippen LogP contribution is -2.44. The van der Waals surface area contributed by atoms with Gasteiger partial charge in [0.25, 0.3) is 0 Å². The van der Waals surface area contributed by atoms with Crippen molar-refractivity contribution < 1.29 is 9.90 Å². The molecule has 3 unspecified atom stereocenters. The number of nitrogens with zero attached hydrogens (tertiary/aromatic N) is 1. The molecule has 0 aromatic carbocycles. The van der Waals surface area contributed by atoms with Gasteiger partial charge in [-0.15, -0.1) is 0 Å². The highest BCUT2D eigenvalue weighted by Gasteiger charge is 2.31. The average molecular weight is 267 g/mol. The summed E-state index contributed by atoms with van der Waals surface area (Å²) in [5.41, 5.74) is 0. The first kappa shape index (κ1) is 14.8. The van der Waals surface area contributed by atoms with Crippen LogP contribution < -0.4 is 0 Å². The van der Waals surface area contributed by atoms with Gasteiger partial charge in [-0.05, 0) is 50.5 Å². The fourth-order valence-corrected chi connectivity index (χ4v) is 3.88. The molecule has 3 heteroatoms. The molecule has 0 aromatic rings. The molecular formula is C16H29NO2. The van der Waals surface area contributed by atoms with E-state index in [0.717, 1.165) is 37.8 Å². The Labute approximate surface area is 117 Å². The van der Waals surface area contributed by atoms with Crippen LogP contribution in [0.25, 0.3) is 0 Å². The lowest BCUT2D eigenvalue weighted by atomic mass is 9.89. The van der Waals surface area contributed by atoms with Crippen molar-refractivity contribution >= 4 is 5.97 Å². The van der Waals surface area contributed by atoms with E-state index in [-0.39, 0.29) is 5.92 Å². The van der Waals surface area contributed by atoms with Crippen LogP contribution in [0.5, 0.6) is 0 Å². The second kappa shape index (κ2) is 6.74. The zero-order valence-electron chi connectivity index (χ0n) is 12.5. The second-order valence-electron chi connectivity index (χ2n) is 6.84. The van der Waals surface area contributed by atoms with Crippen molar-refractivity contribution in [3.8, 4) is 0 Å². The summed E-state index contributed by atoms with van der Waals surface area (Å²) in [5, 5.41) is 9.20. The summed E-state index contributed by atoms with van der Waals surface area (Å²) >= 11 is 0. The van der Waals surface area contributed by atoms with Crippen LogP contribution in [-0.4, -0.2) is 35.1 Å². The largest absolute Gasteiger partial charge is 0.481 e. The smallest absolute Gasteiger partial charge is 0.307 e. The Morgan fingerprint density at radius 2 is 1.89 bits per heavy atom. The van der Waals surface area contributed by atoms with Crippen molar-refractivity contribution in [2.75, 3.05) is 13.1 Å². The molecule has 3 nitrogen and oxygen atoms in total. The molecule has 2 aliphatic rings. The molecule has 1 N–H and O–H groups in total. The molecule has 1 heterocycles. The van der Waals surface area contributed by atoms with Gasteiger partial charge in [-0.1, -0.05) is 26.7 Å². The van der Waals surface area contributed by atoms with Gasteiger partial charge < -0.3 is 5.11 Å². The van der Waals surface area contributed by atoms with E-state index >= 15 is 0 Å². The van der Waals surface area contributed by atoms with Gasteiger partial charge in [0.05, 0.1) is 5.92 Å². The van der Waals surface area contributed by atoms with Crippen molar-refractivity contribution in [3.63, 3.8) is 0 Å². The molecule has 110 valence electrons. The van der Waals surface area contributed by atoms with Crippen LogP contribution >= 0.6 is 0 Å². The van der Waals surface area contributed by atoms with E-state index in [2.05, 4.69) is 18.7 Å². The van der Waals surface area contributed by atoms with Gasteiger partial charge in [-0.2, -0.15) is 0 Å². The zero-order valence-corrected chi connectivity index (χ0v) is 12.5. The van der Waals surface area contributed by atoms with Crippen LogP contribution in [0.15, 0.2) is 0 Å². The Bertz CT molecular complexity index is 303. The van der Waals surface area contributed by atoms with E-state index in [1.54, 1.807) is 0 Å². The molecule has 0 aromatic heterocycles. The van der Waals surface area contributed by atoms with Crippen LogP contribution in [0.4, 0.5) is 0 Å². The van der Waals surface area contributed by atoms with E-state index < -0.39 is 5.97 Å². The van der Waals surface area contributed by atoms with Crippen molar-refractivity contribution in [3.05, 3.63) is 0 Å². The quantitative estimate of drug-likeness (QED) is 0.797. The van der Waals surface area contributed by atoms with Crippen molar-refractivity contribution in [1.82, 2.24) is 4.90 Å². The van der Waals surface area contributed by atoms with Gasteiger partial charge in [0, 0.05) is 12.6 Å². The predicted octanol–water partition coefficient (Wildman–Crippen LogP) is 3.39. The van der Waals surface area contributed by atoms with Crippen molar-refractivity contribution in [2.24, 2.45) is 17.8 Å². The van der Waals surface area contributed by atoms with Crippen LogP contribution in [0, 0.1) is 17.8 Å². The minimum atomic E-state index is -0.599. The lowest BCUT2D eigenvalue weighted by Gasteiger charge is -2.36. The minimum Gasteiger partial charge on any atom is -0.481 e. The normalized spacial score (nSPS) is 34.2. The Hall–Kier alpha value is -0.570. The molecule has 3 atom stereocenters. The number of aliphatic carboxylic acids is 1. The third-order valence-corrected chi connectivity index (χ3v) is 5.24. The number of carboxylic acid groups (broad SMARTS) is 1. The summed E-state index contributed by atoms with van der Waals surface area (Å²) < 4.78 is 0. The number of piperidine rings is 1. The number of rotatable bonds is 3. The minimum absolute atomic E-state index is 0.127. The number of likely N-dealkylation sites (tertiary alicyclic amines) is 1. The summed E-state index contributed by atoms with van der Waals surface area (Å²) in [6, 6.07) is 0.644. The van der Waals surface area contributed by atoms with Crippen LogP contribution in [0.3, 0.4) is 0 Å². The standard InChI is InChI=1S/C16H29NO2/c1-12(2)13-5-3-7-15(9-8-13)17-10-4-6-14(11-17)16(18)19/h12-15H,3-11H2,1-2H3,(H,18,19). The summed E-state index contributed by atoms with van der Waals surface area (Å²) in [6.07, 6.45) is 8.49. The third kappa shape index (κ3) is 3.95. The summed E-state index contributed by atoms with van der Waals surface area (Å²) in [6.45, 7) is 6.58. The third-order valence-electron chi connectivity index (χ3n) is 5.24. The molecule has 19 heavy (non-hydrogen) atoms. The van der Waals surface area contributed by atoms with Crippen LogP contribution in [-0.2, 0) is 4.79 Å². The maximum absolute atomic E-state index is 11.2. The molecule has 0 spiro atoms. The molecule has 0 radical (unpaired) electrons. The number of hydrogen-bond acceptors (Lipinski definition) is 2. The van der Waals surface area contributed by atoms with E-state index in [1.165, 1.54) is 32.1 Å². The van der Waals surface area contributed by atoms with E-state index in [4.69, 9.17) is 0 Å². The van der Waals surface area contributed by atoms with Gasteiger partial charge in [-0.3, -0.25) is 9.69 Å². The SMILES string of the molecule is CC(C)C1CCCC(N2CCCC(C(=O)O)C2)CC1. The summed E-state index contributed by atoms with van der Waals surface area (Å²) in [5.74, 6) is 0.952. The lowest BCUT2D eigenvalue weighted by molar-refractivity contribution is -0.144. The van der Waals surface area contributed by atoms with Crippen molar-refractivity contribution in [2.45, 2.75) is 64.8 Å². The van der Waals surface area contributed by atoms with E-state index in [9.17, 15) is 9.90 Å². The summed E-state index contributed by atoms with van der Waals surface area (Å²) in [4.78, 5) is 13.6. The zero-order chi connectivity index (χ0) is 13.8. The highest BCUT2D eigenvalue weighted by Crippen LogP contribution is 2.32. The first-order valence-electron chi connectivity index (χ1n) is 8.04. The fourth-order valence-electron chi connectivity index (χ4n) is 3.88. The Morgan fingerprint density at radius 1 is 1.11 bits per heavy atom. The highest BCUT2D eigenvalue weighted by molar-refractivity contribution is 5.70. The van der Waals surface area contributed by atoms with E-state index in [1.807, 2.05) is 0 Å². The predicted molar refractivity (Wildman–Crippen MR) is 77.1 cm³/mol. The topological polar surface area (TPSA) is 40.5 Å². The molecule has 0 amide bonds. The Balaban J connectivity index is 1.89. The van der Waals surface area contributed by atoms with Gasteiger partial charge >= 0.3 is 5.97 Å². The first-order chi connectivity index (χ1) is 9.08. The number of carbonyl (C=O) groups is 1. The highest BCUT2D eigenvalue weighted by atomic mass is 16.4. The monoisotopic (exact) mass is 267 g/mol. The van der Waals surface area contributed by atoms with Gasteiger partial charge in [0.15, 0.2) is 0 Å². The number of hydrogen-bond donors (Lipinski definition) is 1. The van der Waals surface area contributed by atoms with Gasteiger partial charge in [0.2, 0.25) is 0 Å². The average Bonchev–Trinajstić information content (AvgIpc) is 2.64. The fraction of sp³-hybridized carbons (Fsp3) is 0.938. The maximum atomic E-state index is 11.2.